The molecule has 0 saturated carbocycles. The van der Waals surface area contributed by atoms with Gasteiger partial charge in [0.1, 0.15) is 0 Å². The van der Waals surface area contributed by atoms with Gasteiger partial charge in [-0.15, -0.1) is 0 Å². The Bertz CT molecular complexity index is 669. The van der Waals surface area contributed by atoms with Crippen LogP contribution in [0.3, 0.4) is 0 Å². The number of hydrogen-bond acceptors (Lipinski definition) is 4. The van der Waals surface area contributed by atoms with E-state index in [1.807, 2.05) is 29.1 Å². The molecule has 2 aromatic rings. The molecule has 24 heavy (non-hydrogen) atoms. The highest BCUT2D eigenvalue weighted by Gasteiger charge is 2.35. The summed E-state index contributed by atoms with van der Waals surface area (Å²) >= 11 is 0. The molecule has 1 aliphatic rings. The van der Waals surface area contributed by atoms with Gasteiger partial charge in [-0.3, -0.25) is 9.48 Å². The first-order valence-corrected chi connectivity index (χ1v) is 8.27. The first-order chi connectivity index (χ1) is 11.6. The lowest BCUT2D eigenvalue weighted by Gasteiger charge is -2.17. The number of benzene rings is 1. The highest BCUT2D eigenvalue weighted by atomic mass is 16.5. The number of aliphatic hydroxyl groups is 1. The highest BCUT2D eigenvalue weighted by Crippen LogP contribution is 2.34. The van der Waals surface area contributed by atoms with Gasteiger partial charge in [-0.2, -0.15) is 5.10 Å². The van der Waals surface area contributed by atoms with Crippen LogP contribution < -0.4 is 5.32 Å². The maximum absolute atomic E-state index is 12.3. The smallest absolute Gasteiger partial charge is 0.226 e. The number of aliphatic hydroxyl groups excluding tert-OH is 1. The third kappa shape index (κ3) is 4.01. The van der Waals surface area contributed by atoms with Gasteiger partial charge in [-0.05, 0) is 18.9 Å². The summed E-state index contributed by atoms with van der Waals surface area (Å²) in [7, 11) is 0. The molecule has 0 unspecified atom stereocenters. The van der Waals surface area contributed by atoms with E-state index in [1.54, 1.807) is 13.1 Å². The maximum atomic E-state index is 12.3. The summed E-state index contributed by atoms with van der Waals surface area (Å²) in [5.41, 5.74) is 2.09. The van der Waals surface area contributed by atoms with E-state index in [0.717, 1.165) is 5.56 Å². The third-order valence-electron chi connectivity index (χ3n) is 4.17. The van der Waals surface area contributed by atoms with Crippen LogP contribution in [0.15, 0.2) is 42.7 Å². The minimum Gasteiger partial charge on any atom is -0.392 e. The number of ether oxygens (including phenoxy) is 1. The van der Waals surface area contributed by atoms with Crippen molar-refractivity contribution in [1.29, 1.82) is 0 Å². The summed E-state index contributed by atoms with van der Waals surface area (Å²) in [4.78, 5) is 12.3. The van der Waals surface area contributed by atoms with E-state index in [1.165, 1.54) is 5.56 Å². The lowest BCUT2D eigenvalue weighted by molar-refractivity contribution is -0.127. The fourth-order valence-electron chi connectivity index (χ4n) is 2.95. The second kappa shape index (κ2) is 7.59. The lowest BCUT2D eigenvalue weighted by Crippen LogP contribution is -2.36. The second-order valence-corrected chi connectivity index (χ2v) is 6.24. The van der Waals surface area contributed by atoms with Gasteiger partial charge in [0.25, 0.3) is 0 Å². The minimum absolute atomic E-state index is 0.0748. The number of nitrogens with zero attached hydrogens (tertiary/aromatic N) is 2. The van der Waals surface area contributed by atoms with Gasteiger partial charge < -0.3 is 15.2 Å². The molecule has 3 rings (SSSR count). The van der Waals surface area contributed by atoms with E-state index >= 15 is 0 Å². The Kier molecular flexibility index (Phi) is 5.27. The predicted octanol–water partition coefficient (Wildman–Crippen LogP) is 1.51. The fourth-order valence-corrected chi connectivity index (χ4v) is 2.95. The molecule has 1 aromatic carbocycles. The Morgan fingerprint density at radius 2 is 2.25 bits per heavy atom. The van der Waals surface area contributed by atoms with Crippen LogP contribution in [0.4, 0.5) is 0 Å². The molecule has 3 atom stereocenters. The fraction of sp³-hybridized carbons (Fsp3) is 0.444. The topological polar surface area (TPSA) is 76.4 Å². The maximum Gasteiger partial charge on any atom is 0.226 e. The summed E-state index contributed by atoms with van der Waals surface area (Å²) in [6.07, 6.45) is 3.57. The summed E-state index contributed by atoms with van der Waals surface area (Å²) in [5.74, 6) is -0.313. The molecule has 0 aliphatic carbocycles. The summed E-state index contributed by atoms with van der Waals surface area (Å²) in [6, 6.07) is 10.1. The summed E-state index contributed by atoms with van der Waals surface area (Å²) < 4.78 is 7.62. The normalized spacial score (nSPS) is 21.6. The summed E-state index contributed by atoms with van der Waals surface area (Å²) in [5, 5.41) is 16.5. The molecule has 1 aromatic heterocycles. The molecular formula is C18H23N3O3. The van der Waals surface area contributed by atoms with Crippen LogP contribution in [0.1, 0.15) is 30.6 Å². The van der Waals surface area contributed by atoms with Crippen molar-refractivity contribution < 1.29 is 14.6 Å². The number of hydrogen-bond donors (Lipinski definition) is 2. The number of carbonyl (C=O) groups excluding carboxylic acids is 1. The van der Waals surface area contributed by atoms with Crippen molar-refractivity contribution in [2.75, 3.05) is 13.2 Å². The number of rotatable bonds is 6. The number of carbonyl (C=O) groups is 1. The molecule has 0 spiro atoms. The van der Waals surface area contributed by atoms with Crippen molar-refractivity contribution in [3.05, 3.63) is 53.9 Å². The number of amides is 1. The van der Waals surface area contributed by atoms with Gasteiger partial charge in [0.05, 0.1) is 30.9 Å². The van der Waals surface area contributed by atoms with Gasteiger partial charge in [0, 0.05) is 24.9 Å². The third-order valence-corrected chi connectivity index (χ3v) is 4.17. The number of nitrogens with one attached hydrogen (secondary N) is 1. The zero-order valence-electron chi connectivity index (χ0n) is 13.8. The van der Waals surface area contributed by atoms with Crippen LogP contribution in [-0.2, 0) is 16.1 Å². The van der Waals surface area contributed by atoms with E-state index in [4.69, 9.17) is 4.74 Å². The molecular weight excluding hydrogens is 306 g/mol. The van der Waals surface area contributed by atoms with Crippen molar-refractivity contribution >= 4 is 5.91 Å². The molecule has 1 aliphatic heterocycles. The molecule has 1 amide bonds. The molecule has 0 bridgehead atoms. The van der Waals surface area contributed by atoms with Crippen molar-refractivity contribution in [1.82, 2.24) is 15.1 Å². The van der Waals surface area contributed by atoms with Gasteiger partial charge in [0.2, 0.25) is 5.91 Å². The zero-order chi connectivity index (χ0) is 16.9. The first-order valence-electron chi connectivity index (χ1n) is 8.27. The van der Waals surface area contributed by atoms with Crippen molar-refractivity contribution in [3.63, 3.8) is 0 Å². The average Bonchev–Trinajstić information content (AvgIpc) is 3.22. The predicted molar refractivity (Wildman–Crippen MR) is 89.3 cm³/mol. The van der Waals surface area contributed by atoms with E-state index in [2.05, 4.69) is 22.5 Å². The molecule has 2 N–H and O–H groups in total. The van der Waals surface area contributed by atoms with Gasteiger partial charge >= 0.3 is 0 Å². The Morgan fingerprint density at radius 1 is 1.46 bits per heavy atom. The largest absolute Gasteiger partial charge is 0.392 e. The zero-order valence-corrected chi connectivity index (χ0v) is 13.8. The molecule has 6 nitrogen and oxygen atoms in total. The van der Waals surface area contributed by atoms with E-state index in [-0.39, 0.29) is 24.5 Å². The Hall–Kier alpha value is -2.18. The van der Waals surface area contributed by atoms with E-state index < -0.39 is 6.10 Å². The number of aromatic nitrogens is 2. The van der Waals surface area contributed by atoms with E-state index in [9.17, 15) is 9.90 Å². The Labute approximate surface area is 141 Å². The van der Waals surface area contributed by atoms with Crippen molar-refractivity contribution in [2.45, 2.75) is 32.1 Å². The minimum atomic E-state index is -0.552. The standard InChI is InChI=1S/C18H23N3O3/c1-13(22)9-19-18(23)16-7-8-24-17(16)15-10-20-21(12-15)11-14-5-3-2-4-6-14/h2-6,10,12-13,16-17,22H,7-9,11H2,1H3,(H,19,23)/t13-,16-,17+/m0/s1. The highest BCUT2D eigenvalue weighted by molar-refractivity contribution is 5.79. The quantitative estimate of drug-likeness (QED) is 0.842. The van der Waals surface area contributed by atoms with Crippen LogP contribution in [-0.4, -0.2) is 40.0 Å². The molecule has 6 heteroatoms. The molecule has 0 radical (unpaired) electrons. The van der Waals surface area contributed by atoms with Crippen LogP contribution in [0, 0.1) is 5.92 Å². The van der Waals surface area contributed by atoms with Crippen LogP contribution in [0.25, 0.3) is 0 Å². The monoisotopic (exact) mass is 329 g/mol. The molecule has 1 fully saturated rings. The first kappa shape index (κ1) is 16.7. The van der Waals surface area contributed by atoms with Crippen LogP contribution in [0.5, 0.6) is 0 Å². The lowest BCUT2D eigenvalue weighted by atomic mass is 9.96. The van der Waals surface area contributed by atoms with Crippen LogP contribution in [0.2, 0.25) is 0 Å². The average molecular weight is 329 g/mol. The SMILES string of the molecule is C[C@H](O)CNC(=O)[C@H]1CCO[C@@H]1c1cnn(Cc2ccccc2)c1. The van der Waals surface area contributed by atoms with Crippen molar-refractivity contribution in [3.8, 4) is 0 Å². The Balaban J connectivity index is 1.66. The van der Waals surface area contributed by atoms with Gasteiger partial charge in [0.15, 0.2) is 0 Å². The Morgan fingerprint density at radius 3 is 3.00 bits per heavy atom. The van der Waals surface area contributed by atoms with E-state index in [0.29, 0.717) is 19.6 Å². The molecule has 1 saturated heterocycles. The second-order valence-electron chi connectivity index (χ2n) is 6.24. The van der Waals surface area contributed by atoms with Gasteiger partial charge in [-0.1, -0.05) is 30.3 Å². The summed E-state index contributed by atoms with van der Waals surface area (Å²) in [6.45, 7) is 3.15. The van der Waals surface area contributed by atoms with Gasteiger partial charge in [-0.25, -0.2) is 0 Å². The molecule has 128 valence electrons. The molecule has 2 heterocycles. The van der Waals surface area contributed by atoms with Crippen LogP contribution >= 0.6 is 0 Å². The van der Waals surface area contributed by atoms with Crippen molar-refractivity contribution in [2.24, 2.45) is 5.92 Å².